The first-order valence-corrected chi connectivity index (χ1v) is 13.4. The SMILES string of the molecule is CCN(C1CCCC(COC2CCCCC2)C1)S(=O)(=O)C1CCCC(C(F)(F)F)C1. The van der Waals surface area contributed by atoms with Crippen molar-refractivity contribution in [3.05, 3.63) is 0 Å². The van der Waals surface area contributed by atoms with E-state index in [0.717, 1.165) is 38.5 Å². The maximum Gasteiger partial charge on any atom is 0.391 e. The van der Waals surface area contributed by atoms with Crippen LogP contribution in [-0.2, 0) is 14.8 Å². The van der Waals surface area contributed by atoms with Gasteiger partial charge < -0.3 is 4.74 Å². The highest BCUT2D eigenvalue weighted by Gasteiger charge is 2.47. The molecule has 0 aromatic heterocycles. The fourth-order valence-electron chi connectivity index (χ4n) is 5.73. The summed E-state index contributed by atoms with van der Waals surface area (Å²) in [4.78, 5) is 0. The molecule has 0 N–H and O–H groups in total. The smallest absolute Gasteiger partial charge is 0.378 e. The molecule has 8 heteroatoms. The summed E-state index contributed by atoms with van der Waals surface area (Å²) in [6.45, 7) is 2.82. The largest absolute Gasteiger partial charge is 0.391 e. The second-order valence-electron chi connectivity index (χ2n) is 9.56. The van der Waals surface area contributed by atoms with Crippen molar-refractivity contribution in [3.8, 4) is 0 Å². The van der Waals surface area contributed by atoms with Gasteiger partial charge in [-0.3, -0.25) is 0 Å². The van der Waals surface area contributed by atoms with E-state index in [-0.39, 0.29) is 18.9 Å². The molecule has 30 heavy (non-hydrogen) atoms. The minimum atomic E-state index is -4.31. The fourth-order valence-corrected chi connectivity index (χ4v) is 8.02. The fraction of sp³-hybridized carbons (Fsp3) is 1.00. The Labute approximate surface area is 180 Å². The molecular formula is C22H38F3NO3S. The van der Waals surface area contributed by atoms with Crippen molar-refractivity contribution >= 4 is 10.0 Å². The first-order chi connectivity index (χ1) is 14.2. The van der Waals surface area contributed by atoms with Crippen LogP contribution in [0, 0.1) is 11.8 Å². The molecule has 0 spiro atoms. The van der Waals surface area contributed by atoms with E-state index in [1.54, 1.807) is 0 Å². The van der Waals surface area contributed by atoms with Crippen molar-refractivity contribution in [2.24, 2.45) is 11.8 Å². The van der Waals surface area contributed by atoms with Crippen molar-refractivity contribution in [2.45, 2.75) is 114 Å². The quantitative estimate of drug-likeness (QED) is 0.499. The van der Waals surface area contributed by atoms with E-state index < -0.39 is 27.4 Å². The zero-order valence-corrected chi connectivity index (χ0v) is 19.0. The average molecular weight is 454 g/mol. The third kappa shape index (κ3) is 6.12. The Hall–Kier alpha value is -0.340. The predicted molar refractivity (Wildman–Crippen MR) is 112 cm³/mol. The van der Waals surface area contributed by atoms with E-state index in [9.17, 15) is 21.6 Å². The monoisotopic (exact) mass is 453 g/mol. The van der Waals surface area contributed by atoms with E-state index in [2.05, 4.69) is 0 Å². The topological polar surface area (TPSA) is 46.6 Å². The summed E-state index contributed by atoms with van der Waals surface area (Å²) in [6.07, 6.45) is 5.97. The highest BCUT2D eigenvalue weighted by molar-refractivity contribution is 7.89. The number of hydrogen-bond acceptors (Lipinski definition) is 3. The molecule has 0 aromatic rings. The Morgan fingerprint density at radius 3 is 2.27 bits per heavy atom. The van der Waals surface area contributed by atoms with Gasteiger partial charge in [-0.1, -0.05) is 39.0 Å². The molecule has 0 amide bonds. The highest BCUT2D eigenvalue weighted by Crippen LogP contribution is 2.41. The van der Waals surface area contributed by atoms with Crippen LogP contribution in [0.25, 0.3) is 0 Å². The van der Waals surface area contributed by atoms with Crippen LogP contribution < -0.4 is 0 Å². The lowest BCUT2D eigenvalue weighted by atomic mass is 9.86. The van der Waals surface area contributed by atoms with E-state index in [0.29, 0.717) is 38.0 Å². The van der Waals surface area contributed by atoms with Crippen molar-refractivity contribution in [3.63, 3.8) is 0 Å². The van der Waals surface area contributed by atoms with Gasteiger partial charge in [0, 0.05) is 19.2 Å². The minimum absolute atomic E-state index is 0.0473. The summed E-state index contributed by atoms with van der Waals surface area (Å²) < 4.78 is 74.0. The van der Waals surface area contributed by atoms with Crippen molar-refractivity contribution in [1.82, 2.24) is 4.31 Å². The maximum atomic E-state index is 13.3. The second-order valence-corrected chi connectivity index (χ2v) is 11.7. The number of nitrogens with zero attached hydrogens (tertiary/aromatic N) is 1. The zero-order valence-electron chi connectivity index (χ0n) is 18.2. The van der Waals surface area contributed by atoms with Crippen LogP contribution in [0.2, 0.25) is 0 Å². The highest BCUT2D eigenvalue weighted by atomic mass is 32.2. The van der Waals surface area contributed by atoms with Gasteiger partial charge in [-0.05, 0) is 57.3 Å². The van der Waals surface area contributed by atoms with Gasteiger partial charge in [-0.15, -0.1) is 0 Å². The molecule has 0 bridgehead atoms. The molecular weight excluding hydrogens is 415 g/mol. The number of rotatable bonds is 7. The molecule has 3 rings (SSSR count). The molecule has 0 saturated heterocycles. The standard InChI is InChI=1S/C22H38F3NO3S/c1-2-26(30(27,28)21-13-7-9-18(15-21)22(23,24)25)19-10-6-8-17(14-19)16-29-20-11-4-3-5-12-20/h17-21H,2-16H2,1H3. The summed E-state index contributed by atoms with van der Waals surface area (Å²) in [5.41, 5.74) is 0. The van der Waals surface area contributed by atoms with Crippen LogP contribution in [-0.4, -0.2) is 49.4 Å². The molecule has 0 radical (unpaired) electrons. The number of halogens is 3. The summed E-state index contributed by atoms with van der Waals surface area (Å²) in [5, 5.41) is -0.906. The molecule has 4 unspecified atom stereocenters. The van der Waals surface area contributed by atoms with Gasteiger partial charge in [0.1, 0.15) is 0 Å². The zero-order chi connectivity index (χ0) is 21.8. The summed E-state index contributed by atoms with van der Waals surface area (Å²) >= 11 is 0. The van der Waals surface area contributed by atoms with E-state index in [4.69, 9.17) is 4.74 Å². The van der Waals surface area contributed by atoms with Gasteiger partial charge in [0.25, 0.3) is 0 Å². The van der Waals surface area contributed by atoms with Crippen LogP contribution in [0.5, 0.6) is 0 Å². The second kappa shape index (κ2) is 10.5. The lowest BCUT2D eigenvalue weighted by Gasteiger charge is -2.40. The number of hydrogen-bond donors (Lipinski definition) is 0. The van der Waals surface area contributed by atoms with Gasteiger partial charge in [0.2, 0.25) is 10.0 Å². The minimum Gasteiger partial charge on any atom is -0.378 e. The molecule has 0 heterocycles. The van der Waals surface area contributed by atoms with Crippen molar-refractivity contribution in [1.29, 1.82) is 0 Å². The van der Waals surface area contributed by atoms with Crippen LogP contribution >= 0.6 is 0 Å². The number of sulfonamides is 1. The Morgan fingerprint density at radius 2 is 1.60 bits per heavy atom. The summed E-state index contributed by atoms with van der Waals surface area (Å²) in [6, 6.07) is -0.111. The maximum absolute atomic E-state index is 13.3. The Morgan fingerprint density at radius 1 is 0.900 bits per heavy atom. The lowest BCUT2D eigenvalue weighted by molar-refractivity contribution is -0.181. The molecule has 3 aliphatic carbocycles. The molecule has 4 nitrogen and oxygen atoms in total. The summed E-state index contributed by atoms with van der Waals surface area (Å²) in [7, 11) is -3.73. The van der Waals surface area contributed by atoms with Gasteiger partial charge in [-0.25, -0.2) is 8.42 Å². The van der Waals surface area contributed by atoms with Gasteiger partial charge in [-0.2, -0.15) is 17.5 Å². The van der Waals surface area contributed by atoms with Crippen LogP contribution in [0.1, 0.15) is 90.4 Å². The lowest BCUT2D eigenvalue weighted by Crippen LogP contribution is -2.49. The normalized spacial score (nSPS) is 32.4. The first kappa shape index (κ1) is 24.3. The molecule has 176 valence electrons. The van der Waals surface area contributed by atoms with Crippen LogP contribution in [0.4, 0.5) is 13.2 Å². The van der Waals surface area contributed by atoms with E-state index >= 15 is 0 Å². The third-order valence-electron chi connectivity index (χ3n) is 7.43. The van der Waals surface area contributed by atoms with Crippen molar-refractivity contribution < 1.29 is 26.3 Å². The molecule has 3 aliphatic rings. The van der Waals surface area contributed by atoms with Gasteiger partial charge in [0.05, 0.1) is 17.3 Å². The number of alkyl halides is 3. The summed E-state index contributed by atoms with van der Waals surface area (Å²) in [5.74, 6) is -1.16. The van der Waals surface area contributed by atoms with Crippen LogP contribution in [0.3, 0.4) is 0 Å². The Kier molecular flexibility index (Phi) is 8.52. The van der Waals surface area contributed by atoms with E-state index in [1.165, 1.54) is 23.6 Å². The average Bonchev–Trinajstić information content (AvgIpc) is 2.73. The third-order valence-corrected chi connectivity index (χ3v) is 9.91. The molecule has 3 fully saturated rings. The Bertz CT molecular complexity index is 634. The molecule has 0 aromatic carbocycles. The Balaban J connectivity index is 1.60. The molecule has 4 atom stereocenters. The number of ether oxygens (including phenoxy) is 1. The van der Waals surface area contributed by atoms with Crippen molar-refractivity contribution in [2.75, 3.05) is 13.2 Å². The van der Waals surface area contributed by atoms with Gasteiger partial charge in [0.15, 0.2) is 0 Å². The van der Waals surface area contributed by atoms with Crippen LogP contribution in [0.15, 0.2) is 0 Å². The van der Waals surface area contributed by atoms with Gasteiger partial charge >= 0.3 is 6.18 Å². The van der Waals surface area contributed by atoms with E-state index in [1.807, 2.05) is 6.92 Å². The predicted octanol–water partition coefficient (Wildman–Crippen LogP) is 5.67. The first-order valence-electron chi connectivity index (χ1n) is 11.9. The molecule has 0 aliphatic heterocycles. The molecule has 3 saturated carbocycles.